The molecule has 0 bridgehead atoms. The Morgan fingerprint density at radius 2 is 1.84 bits per heavy atom. The van der Waals surface area contributed by atoms with Crippen molar-refractivity contribution in [1.82, 2.24) is 34.5 Å². The lowest BCUT2D eigenvalue weighted by Gasteiger charge is -2.24. The number of alkyl halides is 3. The van der Waals surface area contributed by atoms with Gasteiger partial charge in [-0.05, 0) is 43.7 Å². The number of aromatic nitrogens is 7. The SMILES string of the molecule is CCS(=O)(=O)c1ccc(CNc2nc3cnc(-c4c(OC)ncnc4C4CC4)nc3n(C(C3CC3)C(F)(F)F)c2=O)nc1. The molecule has 4 heterocycles. The van der Waals surface area contributed by atoms with E-state index in [0.29, 0.717) is 34.4 Å². The average Bonchev–Trinajstić information content (AvgIpc) is 3.91. The van der Waals surface area contributed by atoms with Crippen LogP contribution in [0, 0.1) is 5.92 Å². The molecule has 1 atom stereocenters. The Balaban J connectivity index is 1.45. The highest BCUT2D eigenvalue weighted by Gasteiger charge is 2.51. The molecule has 226 valence electrons. The molecule has 16 heteroatoms. The van der Waals surface area contributed by atoms with Gasteiger partial charge in [-0.1, -0.05) is 6.92 Å². The molecule has 0 spiro atoms. The van der Waals surface area contributed by atoms with E-state index in [1.807, 2.05) is 0 Å². The molecule has 1 unspecified atom stereocenters. The zero-order valence-corrected chi connectivity index (χ0v) is 24.0. The normalized spacial score (nSPS) is 16.3. The van der Waals surface area contributed by atoms with Crippen LogP contribution >= 0.6 is 0 Å². The van der Waals surface area contributed by atoms with Crippen molar-refractivity contribution in [3.63, 3.8) is 0 Å². The summed E-state index contributed by atoms with van der Waals surface area (Å²) >= 11 is 0. The largest absolute Gasteiger partial charge is 0.480 e. The molecule has 0 aromatic carbocycles. The van der Waals surface area contributed by atoms with E-state index < -0.39 is 33.5 Å². The van der Waals surface area contributed by atoms with Crippen molar-refractivity contribution in [3.05, 3.63) is 52.6 Å². The minimum atomic E-state index is -4.74. The molecule has 43 heavy (non-hydrogen) atoms. The first kappa shape index (κ1) is 28.9. The Morgan fingerprint density at radius 3 is 2.44 bits per heavy atom. The molecule has 1 N–H and O–H groups in total. The summed E-state index contributed by atoms with van der Waals surface area (Å²) in [5.74, 6) is -0.894. The highest BCUT2D eigenvalue weighted by molar-refractivity contribution is 7.91. The summed E-state index contributed by atoms with van der Waals surface area (Å²) in [5, 5.41) is 2.78. The number of hydrogen-bond acceptors (Lipinski definition) is 11. The van der Waals surface area contributed by atoms with E-state index in [-0.39, 0.29) is 51.8 Å². The molecule has 0 radical (unpaired) electrons. The number of sulfone groups is 1. The number of hydrogen-bond donors (Lipinski definition) is 1. The van der Waals surface area contributed by atoms with Crippen molar-refractivity contribution in [2.45, 2.75) is 62.2 Å². The maximum absolute atomic E-state index is 14.5. The van der Waals surface area contributed by atoms with Crippen LogP contribution in [0.1, 0.15) is 56.0 Å². The maximum atomic E-state index is 14.5. The number of rotatable bonds is 10. The van der Waals surface area contributed by atoms with Gasteiger partial charge in [0.05, 0.1) is 41.9 Å². The van der Waals surface area contributed by atoms with Crippen molar-refractivity contribution in [2.24, 2.45) is 5.92 Å². The number of anilines is 1. The van der Waals surface area contributed by atoms with Gasteiger partial charge < -0.3 is 10.1 Å². The van der Waals surface area contributed by atoms with E-state index >= 15 is 0 Å². The topological polar surface area (TPSA) is 155 Å². The summed E-state index contributed by atoms with van der Waals surface area (Å²) in [7, 11) is -2.05. The monoisotopic (exact) mass is 616 g/mol. The third-order valence-electron chi connectivity index (χ3n) is 7.51. The molecule has 2 fully saturated rings. The zero-order chi connectivity index (χ0) is 30.5. The van der Waals surface area contributed by atoms with Crippen LogP contribution in [0.15, 0.2) is 40.5 Å². The van der Waals surface area contributed by atoms with Gasteiger partial charge in [0, 0.05) is 12.1 Å². The van der Waals surface area contributed by atoms with Gasteiger partial charge in [0.1, 0.15) is 23.4 Å². The first-order valence-electron chi connectivity index (χ1n) is 13.7. The van der Waals surface area contributed by atoms with E-state index in [1.54, 1.807) is 0 Å². The summed E-state index contributed by atoms with van der Waals surface area (Å²) in [6.45, 7) is 1.42. The van der Waals surface area contributed by atoms with Crippen molar-refractivity contribution in [3.8, 4) is 17.3 Å². The van der Waals surface area contributed by atoms with Crippen LogP contribution in [0.5, 0.6) is 5.88 Å². The molecule has 2 saturated carbocycles. The number of fused-ring (bicyclic) bond motifs is 1. The molecule has 0 amide bonds. The summed E-state index contributed by atoms with van der Waals surface area (Å²) < 4.78 is 73.8. The Kier molecular flexibility index (Phi) is 7.26. The lowest BCUT2D eigenvalue weighted by molar-refractivity contribution is -0.173. The molecule has 12 nitrogen and oxygen atoms in total. The van der Waals surface area contributed by atoms with E-state index in [9.17, 15) is 26.4 Å². The van der Waals surface area contributed by atoms with Gasteiger partial charge in [-0.2, -0.15) is 13.2 Å². The van der Waals surface area contributed by atoms with Crippen LogP contribution in [0.25, 0.3) is 22.6 Å². The van der Waals surface area contributed by atoms with Gasteiger partial charge in [-0.3, -0.25) is 14.3 Å². The van der Waals surface area contributed by atoms with E-state index in [4.69, 9.17) is 4.74 Å². The Morgan fingerprint density at radius 1 is 1.07 bits per heavy atom. The lowest BCUT2D eigenvalue weighted by atomic mass is 10.1. The average molecular weight is 617 g/mol. The highest BCUT2D eigenvalue weighted by atomic mass is 32.2. The van der Waals surface area contributed by atoms with E-state index in [1.165, 1.54) is 44.9 Å². The molecule has 2 aliphatic carbocycles. The molecule has 0 saturated heterocycles. The molecule has 4 aromatic rings. The number of nitrogens with zero attached hydrogens (tertiary/aromatic N) is 7. The summed E-state index contributed by atoms with van der Waals surface area (Å²) in [6, 6.07) is 0.719. The van der Waals surface area contributed by atoms with Gasteiger partial charge >= 0.3 is 6.18 Å². The fraction of sp³-hybridized carbons (Fsp3) is 0.444. The predicted octanol–water partition coefficient (Wildman–Crippen LogP) is 3.84. The third kappa shape index (κ3) is 5.62. The van der Waals surface area contributed by atoms with Crippen molar-refractivity contribution >= 4 is 26.8 Å². The number of pyridine rings is 1. The lowest BCUT2D eigenvalue weighted by Crippen LogP contribution is -2.38. The zero-order valence-electron chi connectivity index (χ0n) is 23.2. The van der Waals surface area contributed by atoms with Crippen LogP contribution in [0.2, 0.25) is 0 Å². The fourth-order valence-electron chi connectivity index (χ4n) is 4.99. The summed E-state index contributed by atoms with van der Waals surface area (Å²) in [4.78, 5) is 39.5. The van der Waals surface area contributed by atoms with Gasteiger partial charge in [-0.15, -0.1) is 0 Å². The van der Waals surface area contributed by atoms with Crippen molar-refractivity contribution < 1.29 is 26.3 Å². The first-order chi connectivity index (χ1) is 20.5. The Labute approximate surface area is 243 Å². The van der Waals surface area contributed by atoms with Gasteiger partial charge in [0.15, 0.2) is 27.1 Å². The second-order valence-corrected chi connectivity index (χ2v) is 12.8. The van der Waals surface area contributed by atoms with Gasteiger partial charge in [0.25, 0.3) is 5.56 Å². The molecule has 4 aromatic heterocycles. The first-order valence-corrected chi connectivity index (χ1v) is 15.3. The van der Waals surface area contributed by atoms with Gasteiger partial charge in [0.2, 0.25) is 5.88 Å². The molecular formula is C27H27F3N8O4S. The second-order valence-electron chi connectivity index (χ2n) is 10.5. The number of halogens is 3. The number of nitrogens with one attached hydrogen (secondary N) is 1. The minimum absolute atomic E-state index is 0.0260. The number of ether oxygens (including phenoxy) is 1. The fourth-order valence-corrected chi connectivity index (χ4v) is 5.81. The van der Waals surface area contributed by atoms with Crippen molar-refractivity contribution in [2.75, 3.05) is 18.2 Å². The van der Waals surface area contributed by atoms with Crippen LogP contribution in [0.3, 0.4) is 0 Å². The van der Waals surface area contributed by atoms with Gasteiger partial charge in [-0.25, -0.2) is 33.3 Å². The van der Waals surface area contributed by atoms with E-state index in [2.05, 4.69) is 35.2 Å². The predicted molar refractivity (Wildman–Crippen MR) is 148 cm³/mol. The van der Waals surface area contributed by atoms with Crippen molar-refractivity contribution in [1.29, 1.82) is 0 Å². The summed E-state index contributed by atoms with van der Waals surface area (Å²) in [5.41, 5.74) is 0.0519. The highest BCUT2D eigenvalue weighted by Crippen LogP contribution is 2.49. The molecule has 2 aliphatic rings. The van der Waals surface area contributed by atoms with Crippen LogP contribution < -0.4 is 15.6 Å². The Hall–Kier alpha value is -4.21. The minimum Gasteiger partial charge on any atom is -0.480 e. The van der Waals surface area contributed by atoms with Crippen LogP contribution in [0.4, 0.5) is 19.0 Å². The number of methoxy groups -OCH3 is 1. The van der Waals surface area contributed by atoms with Crippen LogP contribution in [-0.2, 0) is 16.4 Å². The van der Waals surface area contributed by atoms with Crippen LogP contribution in [-0.4, -0.2) is 61.9 Å². The maximum Gasteiger partial charge on any atom is 0.409 e. The smallest absolute Gasteiger partial charge is 0.409 e. The Bertz CT molecular complexity index is 1860. The molecule has 0 aliphatic heterocycles. The molecular weight excluding hydrogens is 589 g/mol. The van der Waals surface area contributed by atoms with E-state index in [0.717, 1.165) is 12.8 Å². The second kappa shape index (κ2) is 10.8. The third-order valence-corrected chi connectivity index (χ3v) is 9.23. The summed E-state index contributed by atoms with van der Waals surface area (Å²) in [6.07, 6.45) is 1.46. The standard InChI is InChI=1S/C27H27F3N8O4S/c1-3-43(40,41)17-9-8-16(31-11-17)10-32-23-26(39)38(21(15-6-7-15)27(28,29)30)24-18(36-23)12-33-22(37-24)19-20(14-4-5-14)34-13-35-25(19)42-2/h8-9,11-15,21H,3-7,10H2,1-2H3,(H,32,36). The quantitative estimate of drug-likeness (QED) is 0.276. The molecule has 6 rings (SSSR count).